The van der Waals surface area contributed by atoms with Gasteiger partial charge in [0.25, 0.3) is 0 Å². The molecule has 59 heavy (non-hydrogen) atoms. The lowest BCUT2D eigenvalue weighted by Crippen LogP contribution is -2.28. The van der Waals surface area contributed by atoms with Crippen molar-refractivity contribution in [1.29, 1.82) is 0 Å². The number of anilines is 2. The molecule has 0 fully saturated rings. The second-order valence-corrected chi connectivity index (χ2v) is 17.0. The first-order valence-electron chi connectivity index (χ1n) is 21.9. The highest BCUT2D eigenvalue weighted by Crippen LogP contribution is 2.50. The smallest absolute Gasteiger partial charge is 0.0630 e. The molecule has 2 heteroatoms. The molecule has 288 valence electrons. The van der Waals surface area contributed by atoms with Gasteiger partial charge < -0.3 is 9.47 Å². The van der Waals surface area contributed by atoms with Crippen LogP contribution in [0.25, 0.3) is 55.3 Å². The predicted molar refractivity (Wildman–Crippen MR) is 250 cm³/mol. The maximum absolute atomic E-state index is 2.55. The molecule has 0 N–H and O–H groups in total. The van der Waals surface area contributed by atoms with E-state index in [0.29, 0.717) is 5.92 Å². The molecule has 2 unspecified atom stereocenters. The molecule has 0 saturated carbocycles. The molecule has 11 rings (SSSR count). The maximum Gasteiger partial charge on any atom is 0.0630 e. The first-order valence-corrected chi connectivity index (χ1v) is 21.9. The Morgan fingerprint density at radius 3 is 1.90 bits per heavy atom. The molecule has 0 saturated heterocycles. The summed E-state index contributed by atoms with van der Waals surface area (Å²) in [6, 6.07) is 58.0. The maximum atomic E-state index is 2.55. The van der Waals surface area contributed by atoms with E-state index in [1.807, 2.05) is 0 Å². The highest BCUT2D eigenvalue weighted by Gasteiger charge is 2.38. The topological polar surface area (TPSA) is 8.17 Å². The number of hydrogen-bond acceptors (Lipinski definition) is 1. The number of rotatable bonds is 10. The Hall–Kier alpha value is -6.38. The summed E-state index contributed by atoms with van der Waals surface area (Å²) in [5, 5.41) is 2.58. The van der Waals surface area contributed by atoms with Gasteiger partial charge in [-0.15, -0.1) is 0 Å². The molecule has 1 aromatic heterocycles. The van der Waals surface area contributed by atoms with Crippen LogP contribution in [0.3, 0.4) is 0 Å². The van der Waals surface area contributed by atoms with Crippen LogP contribution < -0.4 is 4.90 Å². The van der Waals surface area contributed by atoms with Crippen LogP contribution in [0.5, 0.6) is 0 Å². The highest BCUT2D eigenvalue weighted by atomic mass is 15.2. The largest absolute Gasteiger partial charge is 0.333 e. The Labute approximate surface area is 348 Å². The van der Waals surface area contributed by atoms with Crippen LogP contribution in [0, 0.1) is 0 Å². The van der Waals surface area contributed by atoms with Crippen LogP contribution in [0.2, 0.25) is 0 Å². The number of allylic oxidation sites excluding steroid dienone is 2. The van der Waals surface area contributed by atoms with Crippen molar-refractivity contribution in [2.45, 2.75) is 70.8 Å². The molecule has 0 amide bonds. The zero-order valence-electron chi connectivity index (χ0n) is 34.2. The summed E-state index contributed by atoms with van der Waals surface area (Å²) in [7, 11) is 0. The van der Waals surface area contributed by atoms with Gasteiger partial charge in [-0.1, -0.05) is 136 Å². The first kappa shape index (κ1) is 35.8. The predicted octanol–water partition coefficient (Wildman–Crippen LogP) is 15.0. The van der Waals surface area contributed by atoms with Crippen LogP contribution in [0.4, 0.5) is 11.4 Å². The van der Waals surface area contributed by atoms with Crippen LogP contribution >= 0.6 is 0 Å². The normalized spacial score (nSPS) is 16.3. The average molecular weight is 763 g/mol. The summed E-state index contributed by atoms with van der Waals surface area (Å²) in [6.45, 7) is 4.53. The quantitative estimate of drug-likeness (QED) is 0.135. The van der Waals surface area contributed by atoms with Gasteiger partial charge in [-0.2, -0.15) is 0 Å². The number of nitrogens with zero attached hydrogens (tertiary/aromatic N) is 2. The lowest BCUT2D eigenvalue weighted by Gasteiger charge is -2.30. The molecule has 2 nitrogen and oxygen atoms in total. The van der Waals surface area contributed by atoms with E-state index in [4.69, 9.17) is 0 Å². The molecule has 0 bridgehead atoms. The Balaban J connectivity index is 0.913. The summed E-state index contributed by atoms with van der Waals surface area (Å²) >= 11 is 0. The SMILES string of the molecule is CCCCc1ccc(N2c3ccccc3C3C=C(c4ccc5c(c4)-c4cc(-c6ccc7c(c6)c6ccccc6n7-c6ccc(CCCC)cc6)ccc4C5)C=CC32)cc1. The Bertz CT molecular complexity index is 2940. The lowest BCUT2D eigenvalue weighted by molar-refractivity contribution is 0.746. The van der Waals surface area contributed by atoms with Gasteiger partial charge in [0.15, 0.2) is 0 Å². The molecular formula is C57H50N2. The molecule has 0 spiro atoms. The van der Waals surface area contributed by atoms with E-state index in [2.05, 4.69) is 193 Å². The van der Waals surface area contributed by atoms with Crippen molar-refractivity contribution in [1.82, 2.24) is 4.57 Å². The summed E-state index contributed by atoms with van der Waals surface area (Å²) in [5.41, 5.74) is 21.2. The van der Waals surface area contributed by atoms with Gasteiger partial charge in [-0.05, 0) is 154 Å². The van der Waals surface area contributed by atoms with E-state index in [-0.39, 0.29) is 6.04 Å². The second kappa shape index (κ2) is 14.8. The van der Waals surface area contributed by atoms with Crippen molar-refractivity contribution in [3.8, 4) is 27.9 Å². The van der Waals surface area contributed by atoms with Crippen molar-refractivity contribution in [2.24, 2.45) is 0 Å². The fourth-order valence-corrected chi connectivity index (χ4v) is 10.2. The molecule has 3 aliphatic rings. The average Bonchev–Trinajstić information content (AvgIpc) is 3.94. The number of unbranched alkanes of at least 4 members (excludes halogenated alkanes) is 2. The molecule has 2 heterocycles. The summed E-state index contributed by atoms with van der Waals surface area (Å²) < 4.78 is 2.43. The van der Waals surface area contributed by atoms with E-state index in [1.54, 1.807) is 0 Å². The molecule has 2 aliphatic carbocycles. The van der Waals surface area contributed by atoms with Gasteiger partial charge in [0.2, 0.25) is 0 Å². The van der Waals surface area contributed by atoms with Gasteiger partial charge in [0.05, 0.1) is 17.1 Å². The van der Waals surface area contributed by atoms with E-state index in [1.165, 1.54) is 126 Å². The Kier molecular flexibility index (Phi) is 8.95. The minimum Gasteiger partial charge on any atom is -0.333 e. The second-order valence-electron chi connectivity index (χ2n) is 17.0. The summed E-state index contributed by atoms with van der Waals surface area (Å²) in [4.78, 5) is 2.55. The standard InChI is InChI=1S/C57H50N2/c1-3-5-11-38-17-27-46(28-18-38)58-54-15-9-7-13-48(54)52-36-42(25-31-56(52)58)40-21-23-44-33-45-24-22-41(35-51(45)50(44)34-40)43-26-32-57-53(37-43)49-14-8-10-16-55(49)59(57)47-29-19-39(20-30-47)12-6-4-2/h7-10,13-32,34-37,52,56H,3-6,11-12,33H2,1-2H3. The Morgan fingerprint density at radius 1 is 0.542 bits per heavy atom. The number of benzene rings is 7. The fourth-order valence-electron chi connectivity index (χ4n) is 10.2. The van der Waals surface area contributed by atoms with E-state index in [0.717, 1.165) is 19.3 Å². The number of aromatic nitrogens is 1. The minimum atomic E-state index is 0.262. The molecule has 2 atom stereocenters. The third kappa shape index (κ3) is 6.16. The highest BCUT2D eigenvalue weighted by molar-refractivity contribution is 6.10. The van der Waals surface area contributed by atoms with Crippen LogP contribution in [-0.2, 0) is 19.3 Å². The summed E-state index contributed by atoms with van der Waals surface area (Å²) in [6.07, 6.45) is 15.5. The molecule has 0 radical (unpaired) electrons. The van der Waals surface area contributed by atoms with Crippen molar-refractivity contribution < 1.29 is 0 Å². The molecule has 8 aromatic rings. The zero-order chi connectivity index (χ0) is 39.5. The van der Waals surface area contributed by atoms with Gasteiger partial charge in [-0.3, -0.25) is 0 Å². The lowest BCUT2D eigenvalue weighted by atomic mass is 9.85. The first-order chi connectivity index (χ1) is 29.1. The minimum absolute atomic E-state index is 0.262. The fraction of sp³-hybridized carbons (Fsp3) is 0.193. The van der Waals surface area contributed by atoms with Crippen molar-refractivity contribution in [3.05, 3.63) is 203 Å². The van der Waals surface area contributed by atoms with Gasteiger partial charge in [0, 0.05) is 33.8 Å². The van der Waals surface area contributed by atoms with Crippen LogP contribution in [0.1, 0.15) is 78.8 Å². The molecule has 1 aliphatic heterocycles. The van der Waals surface area contributed by atoms with Gasteiger partial charge in [-0.25, -0.2) is 0 Å². The van der Waals surface area contributed by atoms with Crippen molar-refractivity contribution >= 4 is 38.8 Å². The summed E-state index contributed by atoms with van der Waals surface area (Å²) in [5.74, 6) is 0.295. The van der Waals surface area contributed by atoms with Crippen LogP contribution in [0.15, 0.2) is 170 Å². The number of hydrogen-bond donors (Lipinski definition) is 0. The van der Waals surface area contributed by atoms with Crippen LogP contribution in [-0.4, -0.2) is 10.6 Å². The third-order valence-electron chi connectivity index (χ3n) is 13.3. The number of fused-ring (bicyclic) bond motifs is 9. The van der Waals surface area contributed by atoms with E-state index < -0.39 is 0 Å². The third-order valence-corrected chi connectivity index (χ3v) is 13.3. The number of para-hydroxylation sites is 2. The monoisotopic (exact) mass is 762 g/mol. The molecular weight excluding hydrogens is 713 g/mol. The van der Waals surface area contributed by atoms with Crippen molar-refractivity contribution in [3.63, 3.8) is 0 Å². The van der Waals surface area contributed by atoms with E-state index in [9.17, 15) is 0 Å². The van der Waals surface area contributed by atoms with Gasteiger partial charge >= 0.3 is 0 Å². The number of aryl methyl sites for hydroxylation is 2. The van der Waals surface area contributed by atoms with Gasteiger partial charge in [0.1, 0.15) is 0 Å². The Morgan fingerprint density at radius 2 is 1.15 bits per heavy atom. The molecule has 7 aromatic carbocycles. The van der Waals surface area contributed by atoms with E-state index >= 15 is 0 Å². The van der Waals surface area contributed by atoms with Crippen molar-refractivity contribution in [2.75, 3.05) is 4.90 Å². The zero-order valence-corrected chi connectivity index (χ0v) is 34.2.